The number of benzene rings is 1. The van der Waals surface area contributed by atoms with Crippen molar-refractivity contribution in [1.29, 1.82) is 0 Å². The maximum Gasteiger partial charge on any atom is 0.433 e. The van der Waals surface area contributed by atoms with Crippen molar-refractivity contribution in [2.24, 2.45) is 0 Å². The molecule has 1 fully saturated rings. The van der Waals surface area contributed by atoms with Crippen LogP contribution in [0, 0.1) is 6.92 Å². The molecule has 0 atom stereocenters. The number of halogens is 3. The molecule has 1 saturated heterocycles. The third-order valence-electron chi connectivity index (χ3n) is 5.08. The number of nitrogens with zero attached hydrogens (tertiary/aromatic N) is 3. The standard InChI is InChI=1S/C21H19F3N4O2/c1-12-10-18(29)26-16-6-4-13(11-15(12)16)25-20(30)14-5-7-17(21(22,23)24)27-19(14)28-8-2-3-9-28/h4-7,10-11H,2-3,8-9H2,1H3,(H,25,30)(H,26,29). The Hall–Kier alpha value is -3.36. The summed E-state index contributed by atoms with van der Waals surface area (Å²) in [6.45, 7) is 2.92. The minimum absolute atomic E-state index is 0.0448. The predicted molar refractivity (Wildman–Crippen MR) is 107 cm³/mol. The van der Waals surface area contributed by atoms with Gasteiger partial charge in [-0.2, -0.15) is 13.2 Å². The molecule has 1 aliphatic rings. The predicted octanol–water partition coefficient (Wildman–Crippen LogP) is 4.52. The Balaban J connectivity index is 1.68. The molecule has 30 heavy (non-hydrogen) atoms. The zero-order valence-electron chi connectivity index (χ0n) is 16.1. The number of carbonyl (C=O) groups is 1. The van der Waals surface area contributed by atoms with Crippen molar-refractivity contribution in [2.45, 2.75) is 25.9 Å². The van der Waals surface area contributed by atoms with Gasteiger partial charge in [-0.3, -0.25) is 4.79 Å². The number of aryl methyl sites for hydroxylation is 1. The van der Waals surface area contributed by atoms with Crippen LogP contribution >= 0.6 is 0 Å². The van der Waals surface area contributed by atoms with E-state index in [2.05, 4.69) is 15.3 Å². The number of alkyl halides is 3. The van der Waals surface area contributed by atoms with Gasteiger partial charge in [-0.05, 0) is 55.7 Å². The third-order valence-corrected chi connectivity index (χ3v) is 5.08. The minimum atomic E-state index is -4.59. The van der Waals surface area contributed by atoms with E-state index >= 15 is 0 Å². The van der Waals surface area contributed by atoms with Crippen molar-refractivity contribution < 1.29 is 23.1 Å². The van der Waals surface area contributed by atoms with Gasteiger partial charge in [-0.1, -0.05) is 0 Å². The van der Waals surface area contributed by atoms with Crippen LogP contribution in [-0.2, 0) is 6.18 Å². The number of amides is 1. The van der Waals surface area contributed by atoms with Crippen LogP contribution in [0.1, 0.15) is 34.5 Å². The molecule has 0 spiro atoms. The number of hydrogen-bond donors (Lipinski definition) is 2. The molecular formula is C21H19F3N4O2. The van der Waals surface area contributed by atoms with Crippen LogP contribution in [0.4, 0.5) is 24.7 Å². The number of anilines is 2. The minimum Gasteiger partial charge on any atom is -0.493 e. The van der Waals surface area contributed by atoms with E-state index in [1.54, 1.807) is 30.0 Å². The second kappa shape index (κ2) is 7.47. The number of aromatic hydroxyl groups is 1. The highest BCUT2D eigenvalue weighted by atomic mass is 19.4. The number of nitrogens with one attached hydrogen (secondary N) is 1. The Labute approximate surface area is 170 Å². The van der Waals surface area contributed by atoms with Gasteiger partial charge in [0.15, 0.2) is 0 Å². The van der Waals surface area contributed by atoms with Crippen LogP contribution in [0.3, 0.4) is 0 Å². The largest absolute Gasteiger partial charge is 0.493 e. The first-order valence-corrected chi connectivity index (χ1v) is 9.47. The van der Waals surface area contributed by atoms with Gasteiger partial charge in [0, 0.05) is 30.2 Å². The Morgan fingerprint density at radius 3 is 2.53 bits per heavy atom. The van der Waals surface area contributed by atoms with Gasteiger partial charge >= 0.3 is 6.18 Å². The maximum absolute atomic E-state index is 13.1. The van der Waals surface area contributed by atoms with Crippen molar-refractivity contribution >= 4 is 28.3 Å². The average Bonchev–Trinajstić information content (AvgIpc) is 3.22. The molecule has 0 radical (unpaired) electrons. The van der Waals surface area contributed by atoms with E-state index in [1.807, 2.05) is 0 Å². The molecule has 4 rings (SSSR count). The zero-order chi connectivity index (χ0) is 21.5. The molecule has 1 aromatic carbocycles. The lowest BCUT2D eigenvalue weighted by molar-refractivity contribution is -0.141. The highest BCUT2D eigenvalue weighted by Gasteiger charge is 2.34. The first-order chi connectivity index (χ1) is 14.2. The normalized spacial score (nSPS) is 14.3. The number of carbonyl (C=O) groups excluding carboxylic acids is 1. The summed E-state index contributed by atoms with van der Waals surface area (Å²) in [4.78, 5) is 22.4. The van der Waals surface area contributed by atoms with Crippen LogP contribution < -0.4 is 10.2 Å². The number of hydrogen-bond acceptors (Lipinski definition) is 5. The molecule has 0 saturated carbocycles. The number of fused-ring (bicyclic) bond motifs is 1. The second-order valence-electron chi connectivity index (χ2n) is 7.24. The summed E-state index contributed by atoms with van der Waals surface area (Å²) in [5, 5.41) is 13.1. The smallest absolute Gasteiger partial charge is 0.433 e. The molecule has 3 heterocycles. The third kappa shape index (κ3) is 3.87. The summed E-state index contributed by atoms with van der Waals surface area (Å²) in [7, 11) is 0. The topological polar surface area (TPSA) is 78.4 Å². The zero-order valence-corrected chi connectivity index (χ0v) is 16.1. The molecule has 0 aliphatic carbocycles. The molecule has 6 nitrogen and oxygen atoms in total. The van der Waals surface area contributed by atoms with E-state index in [9.17, 15) is 23.1 Å². The van der Waals surface area contributed by atoms with Gasteiger partial charge < -0.3 is 15.3 Å². The first-order valence-electron chi connectivity index (χ1n) is 9.47. The molecular weight excluding hydrogens is 397 g/mol. The second-order valence-corrected chi connectivity index (χ2v) is 7.24. The molecule has 156 valence electrons. The molecule has 1 aliphatic heterocycles. The van der Waals surface area contributed by atoms with Gasteiger partial charge in [-0.25, -0.2) is 9.97 Å². The molecule has 3 aromatic rings. The highest BCUT2D eigenvalue weighted by Crippen LogP contribution is 2.32. The first kappa shape index (κ1) is 19.9. The van der Waals surface area contributed by atoms with Gasteiger partial charge in [0.05, 0.1) is 11.1 Å². The summed E-state index contributed by atoms with van der Waals surface area (Å²) < 4.78 is 39.4. The van der Waals surface area contributed by atoms with Crippen LogP contribution in [0.2, 0.25) is 0 Å². The Morgan fingerprint density at radius 1 is 1.10 bits per heavy atom. The van der Waals surface area contributed by atoms with Crippen molar-refractivity contribution in [1.82, 2.24) is 9.97 Å². The Bertz CT molecular complexity index is 1130. The fraction of sp³-hybridized carbons (Fsp3) is 0.286. The van der Waals surface area contributed by atoms with Gasteiger partial charge in [-0.15, -0.1) is 0 Å². The van der Waals surface area contributed by atoms with Crippen LogP contribution in [-0.4, -0.2) is 34.1 Å². The van der Waals surface area contributed by atoms with Gasteiger partial charge in [0.2, 0.25) is 5.88 Å². The maximum atomic E-state index is 13.1. The molecule has 1 amide bonds. The lowest BCUT2D eigenvalue weighted by atomic mass is 10.1. The monoisotopic (exact) mass is 416 g/mol. The van der Waals surface area contributed by atoms with Gasteiger partial charge in [0.1, 0.15) is 11.5 Å². The van der Waals surface area contributed by atoms with Crippen LogP contribution in [0.25, 0.3) is 10.9 Å². The Kier molecular flexibility index (Phi) is 4.97. The summed E-state index contributed by atoms with van der Waals surface area (Å²) in [5.41, 5.74) is 0.885. The number of pyridine rings is 2. The fourth-order valence-electron chi connectivity index (χ4n) is 3.61. The summed E-state index contributed by atoms with van der Waals surface area (Å²) >= 11 is 0. The van der Waals surface area contributed by atoms with E-state index in [4.69, 9.17) is 0 Å². The van der Waals surface area contributed by atoms with Crippen molar-refractivity contribution in [3.8, 4) is 5.88 Å². The molecule has 0 bridgehead atoms. The van der Waals surface area contributed by atoms with E-state index < -0.39 is 17.8 Å². The number of rotatable bonds is 3. The van der Waals surface area contributed by atoms with E-state index in [0.717, 1.165) is 29.9 Å². The SMILES string of the molecule is Cc1cc(O)nc2ccc(NC(=O)c3ccc(C(F)(F)F)nc3N3CCCC3)cc12. The summed E-state index contributed by atoms with van der Waals surface area (Å²) in [6, 6.07) is 8.50. The van der Waals surface area contributed by atoms with Crippen LogP contribution in [0.15, 0.2) is 36.4 Å². The molecule has 2 aromatic heterocycles. The van der Waals surface area contributed by atoms with Crippen molar-refractivity contribution in [3.05, 3.63) is 53.2 Å². The lowest BCUT2D eigenvalue weighted by Crippen LogP contribution is -2.25. The van der Waals surface area contributed by atoms with Crippen molar-refractivity contribution in [3.63, 3.8) is 0 Å². The van der Waals surface area contributed by atoms with Gasteiger partial charge in [0.25, 0.3) is 5.91 Å². The Morgan fingerprint density at radius 2 is 1.83 bits per heavy atom. The summed E-state index contributed by atoms with van der Waals surface area (Å²) in [5.74, 6) is -0.590. The van der Waals surface area contributed by atoms with E-state index in [-0.39, 0.29) is 17.3 Å². The van der Waals surface area contributed by atoms with Crippen LogP contribution in [0.5, 0.6) is 5.88 Å². The number of aromatic nitrogens is 2. The quantitative estimate of drug-likeness (QED) is 0.657. The highest BCUT2D eigenvalue weighted by molar-refractivity contribution is 6.08. The lowest BCUT2D eigenvalue weighted by Gasteiger charge is -2.21. The molecule has 2 N–H and O–H groups in total. The average molecular weight is 416 g/mol. The fourth-order valence-corrected chi connectivity index (χ4v) is 3.61. The van der Waals surface area contributed by atoms with E-state index in [0.29, 0.717) is 24.3 Å². The van der Waals surface area contributed by atoms with E-state index in [1.165, 1.54) is 12.1 Å². The summed E-state index contributed by atoms with van der Waals surface area (Å²) in [6.07, 6.45) is -2.91. The van der Waals surface area contributed by atoms with Crippen molar-refractivity contribution in [2.75, 3.05) is 23.3 Å². The molecule has 0 unspecified atom stereocenters. The molecule has 9 heteroatoms.